The lowest BCUT2D eigenvalue weighted by atomic mass is 10.1. The van der Waals surface area contributed by atoms with E-state index in [0.29, 0.717) is 13.1 Å². The zero-order chi connectivity index (χ0) is 14.9. The fraction of sp³-hybridized carbons (Fsp3) is 0.750. The zero-order valence-electron chi connectivity index (χ0n) is 11.7. The van der Waals surface area contributed by atoms with E-state index >= 15 is 0 Å². The number of piperazine rings is 1. The molecule has 0 aromatic heterocycles. The van der Waals surface area contributed by atoms with E-state index in [0.717, 1.165) is 0 Å². The summed E-state index contributed by atoms with van der Waals surface area (Å²) in [5, 5.41) is 11.3. The van der Waals surface area contributed by atoms with Gasteiger partial charge in [-0.25, -0.2) is 4.79 Å². The van der Waals surface area contributed by atoms with Crippen molar-refractivity contribution in [3.05, 3.63) is 0 Å². The van der Waals surface area contributed by atoms with E-state index in [1.807, 2.05) is 0 Å². The highest BCUT2D eigenvalue weighted by molar-refractivity contribution is 5.90. The molecule has 8 nitrogen and oxygen atoms in total. The van der Waals surface area contributed by atoms with Gasteiger partial charge in [-0.05, 0) is 6.92 Å². The van der Waals surface area contributed by atoms with Crippen LogP contribution in [-0.4, -0.2) is 83.1 Å². The molecular formula is C12H20N4O4. The van der Waals surface area contributed by atoms with Gasteiger partial charge < -0.3 is 25.1 Å². The number of amides is 4. The largest absolute Gasteiger partial charge is 0.395 e. The van der Waals surface area contributed by atoms with Crippen LogP contribution in [0.15, 0.2) is 0 Å². The quantitative estimate of drug-likeness (QED) is 0.639. The maximum absolute atomic E-state index is 12.1. The summed E-state index contributed by atoms with van der Waals surface area (Å²) in [6.45, 7) is 2.34. The van der Waals surface area contributed by atoms with Gasteiger partial charge in [0.25, 0.3) is 0 Å². The predicted octanol–water partition coefficient (Wildman–Crippen LogP) is -1.59. The first kappa shape index (κ1) is 14.6. The third-order valence-electron chi connectivity index (χ3n) is 3.77. The van der Waals surface area contributed by atoms with Crippen molar-refractivity contribution in [3.63, 3.8) is 0 Å². The molecule has 0 radical (unpaired) electrons. The summed E-state index contributed by atoms with van der Waals surface area (Å²) in [5.74, 6) is -0.220. The molecule has 2 rings (SSSR count). The Morgan fingerprint density at radius 2 is 2.15 bits per heavy atom. The number of aliphatic hydroxyl groups excluding tert-OH is 1. The zero-order valence-corrected chi connectivity index (χ0v) is 11.7. The normalized spacial score (nSPS) is 26.6. The first-order chi connectivity index (χ1) is 9.47. The number of aliphatic hydroxyl groups is 1. The number of urea groups is 1. The molecule has 20 heavy (non-hydrogen) atoms. The minimum atomic E-state index is -0.556. The standard InChI is InChI=1S/C12H20N4O4/c1-8-11(19)14(2)7-9-15(12(20)13-4-6-17)5-3-10(18)16(8)9/h8-9,17H,3-7H2,1-2H3,(H,13,20)/t8-,9-/m0/s1. The molecule has 2 aliphatic heterocycles. The highest BCUT2D eigenvalue weighted by Crippen LogP contribution is 2.24. The van der Waals surface area contributed by atoms with Crippen LogP contribution in [0.5, 0.6) is 0 Å². The molecule has 2 N–H and O–H groups in total. The number of nitrogens with zero attached hydrogens (tertiary/aromatic N) is 3. The summed E-state index contributed by atoms with van der Waals surface area (Å²) in [5.41, 5.74) is 0. The maximum atomic E-state index is 12.1. The van der Waals surface area contributed by atoms with Crippen LogP contribution in [0.2, 0.25) is 0 Å². The molecule has 2 saturated heterocycles. The number of carbonyl (C=O) groups is 3. The Hall–Kier alpha value is -1.83. The van der Waals surface area contributed by atoms with E-state index in [9.17, 15) is 14.4 Å². The predicted molar refractivity (Wildman–Crippen MR) is 69.5 cm³/mol. The summed E-state index contributed by atoms with van der Waals surface area (Å²) in [7, 11) is 1.67. The third-order valence-corrected chi connectivity index (χ3v) is 3.77. The van der Waals surface area contributed by atoms with Crippen LogP contribution in [0, 0.1) is 0 Å². The second-order valence-corrected chi connectivity index (χ2v) is 5.08. The van der Waals surface area contributed by atoms with Crippen LogP contribution in [0.25, 0.3) is 0 Å². The Bertz CT molecular complexity index is 428. The Balaban J connectivity index is 2.18. The number of rotatable bonds is 2. The van der Waals surface area contributed by atoms with Crippen molar-refractivity contribution in [2.75, 3.05) is 33.3 Å². The number of fused-ring (bicyclic) bond motifs is 1. The van der Waals surface area contributed by atoms with Gasteiger partial charge >= 0.3 is 6.03 Å². The first-order valence-corrected chi connectivity index (χ1v) is 6.69. The van der Waals surface area contributed by atoms with E-state index in [4.69, 9.17) is 5.11 Å². The molecule has 4 amide bonds. The van der Waals surface area contributed by atoms with Crippen LogP contribution in [0.1, 0.15) is 13.3 Å². The molecule has 0 aromatic rings. The number of hydrogen-bond donors (Lipinski definition) is 2. The average molecular weight is 284 g/mol. The van der Waals surface area contributed by atoms with Gasteiger partial charge in [0.15, 0.2) is 0 Å². The van der Waals surface area contributed by atoms with Crippen LogP contribution in [0.4, 0.5) is 4.79 Å². The summed E-state index contributed by atoms with van der Waals surface area (Å²) >= 11 is 0. The van der Waals surface area contributed by atoms with Gasteiger partial charge in [0.2, 0.25) is 11.8 Å². The van der Waals surface area contributed by atoms with Gasteiger partial charge in [-0.3, -0.25) is 9.59 Å². The average Bonchev–Trinajstić information content (AvgIpc) is 2.42. The molecule has 0 saturated carbocycles. The van der Waals surface area contributed by atoms with Crippen LogP contribution >= 0.6 is 0 Å². The number of nitrogens with one attached hydrogen (secondary N) is 1. The molecule has 2 fully saturated rings. The molecule has 8 heteroatoms. The first-order valence-electron chi connectivity index (χ1n) is 6.69. The second kappa shape index (κ2) is 5.66. The number of carbonyl (C=O) groups excluding carboxylic acids is 3. The van der Waals surface area contributed by atoms with E-state index < -0.39 is 12.2 Å². The van der Waals surface area contributed by atoms with Crippen molar-refractivity contribution >= 4 is 17.8 Å². The molecule has 112 valence electrons. The summed E-state index contributed by atoms with van der Waals surface area (Å²) in [4.78, 5) is 40.6. The Labute approximate surface area is 117 Å². The smallest absolute Gasteiger partial charge is 0.319 e. The molecule has 0 bridgehead atoms. The van der Waals surface area contributed by atoms with E-state index in [1.54, 1.807) is 18.9 Å². The van der Waals surface area contributed by atoms with E-state index in [1.165, 1.54) is 9.80 Å². The maximum Gasteiger partial charge on any atom is 0.319 e. The van der Waals surface area contributed by atoms with Crippen molar-refractivity contribution in [1.29, 1.82) is 0 Å². The molecule has 0 spiro atoms. The van der Waals surface area contributed by atoms with Gasteiger partial charge in [-0.1, -0.05) is 0 Å². The second-order valence-electron chi connectivity index (χ2n) is 5.08. The summed E-state index contributed by atoms with van der Waals surface area (Å²) in [6.07, 6.45) is -0.225. The van der Waals surface area contributed by atoms with Crippen LogP contribution in [0.3, 0.4) is 0 Å². The lowest BCUT2D eigenvalue weighted by molar-refractivity contribution is -0.164. The van der Waals surface area contributed by atoms with Crippen LogP contribution in [-0.2, 0) is 9.59 Å². The molecule has 2 heterocycles. The molecule has 2 aliphatic rings. The lowest BCUT2D eigenvalue weighted by Gasteiger charge is -2.50. The van der Waals surface area contributed by atoms with E-state index in [-0.39, 0.29) is 37.4 Å². The fourth-order valence-electron chi connectivity index (χ4n) is 2.75. The third kappa shape index (κ3) is 2.43. The monoisotopic (exact) mass is 284 g/mol. The van der Waals surface area contributed by atoms with E-state index in [2.05, 4.69) is 5.32 Å². The highest BCUT2D eigenvalue weighted by atomic mass is 16.3. The SMILES string of the molecule is C[C@H]1C(=O)N(C)C[C@H]2N(C(=O)NCCO)CCC(=O)N12. The molecule has 2 atom stereocenters. The van der Waals surface area contributed by atoms with Gasteiger partial charge in [0, 0.05) is 26.6 Å². The van der Waals surface area contributed by atoms with Crippen molar-refractivity contribution in [3.8, 4) is 0 Å². The number of likely N-dealkylation sites (N-methyl/N-ethyl adjacent to an activating group) is 1. The number of hydrogen-bond acceptors (Lipinski definition) is 4. The Kier molecular flexibility index (Phi) is 4.12. The van der Waals surface area contributed by atoms with Crippen molar-refractivity contribution in [2.45, 2.75) is 25.6 Å². The van der Waals surface area contributed by atoms with Crippen LogP contribution < -0.4 is 5.32 Å². The molecule has 0 aromatic carbocycles. The molecule has 0 unspecified atom stereocenters. The molecular weight excluding hydrogens is 264 g/mol. The lowest BCUT2D eigenvalue weighted by Crippen LogP contribution is -2.70. The van der Waals surface area contributed by atoms with Crippen molar-refractivity contribution < 1.29 is 19.5 Å². The Morgan fingerprint density at radius 3 is 2.80 bits per heavy atom. The summed E-state index contributed by atoms with van der Waals surface area (Å²) in [6, 6.07) is -0.879. The van der Waals surface area contributed by atoms with Crippen molar-refractivity contribution in [1.82, 2.24) is 20.0 Å². The highest BCUT2D eigenvalue weighted by Gasteiger charge is 2.45. The fourth-order valence-corrected chi connectivity index (χ4v) is 2.75. The van der Waals surface area contributed by atoms with Gasteiger partial charge in [0.05, 0.1) is 13.2 Å². The van der Waals surface area contributed by atoms with Crippen molar-refractivity contribution in [2.24, 2.45) is 0 Å². The Morgan fingerprint density at radius 1 is 1.45 bits per heavy atom. The van der Waals surface area contributed by atoms with Gasteiger partial charge in [0.1, 0.15) is 12.2 Å². The molecule has 0 aliphatic carbocycles. The minimum absolute atomic E-state index is 0.102. The van der Waals surface area contributed by atoms with Gasteiger partial charge in [-0.15, -0.1) is 0 Å². The topological polar surface area (TPSA) is 93.2 Å². The summed E-state index contributed by atoms with van der Waals surface area (Å²) < 4.78 is 0. The van der Waals surface area contributed by atoms with Gasteiger partial charge in [-0.2, -0.15) is 0 Å². The minimum Gasteiger partial charge on any atom is -0.395 e.